The van der Waals surface area contributed by atoms with Gasteiger partial charge in [-0.25, -0.2) is 9.78 Å². The first-order chi connectivity index (χ1) is 8.80. The number of carboxylic acids is 1. The van der Waals surface area contributed by atoms with Crippen LogP contribution >= 0.6 is 0 Å². The number of halogens is 3. The predicted octanol–water partition coefficient (Wildman–Crippen LogP) is 3.52. The fourth-order valence-corrected chi connectivity index (χ4v) is 2.59. The molecule has 0 bridgehead atoms. The number of hydrogen-bond acceptors (Lipinski definition) is 3. The van der Waals surface area contributed by atoms with Crippen LogP contribution in [0.5, 0.6) is 0 Å². The maximum atomic E-state index is 13.0. The summed E-state index contributed by atoms with van der Waals surface area (Å²) in [5.41, 5.74) is 0.119. The molecule has 1 aliphatic carbocycles. The standard InChI is InChI=1S/C12H14F3NO3/c1-6-9(11(17)18)19-10(16-6)7-4-2-3-5-8(7)12(13,14)15/h7-8H,2-5H2,1H3,(H,17,18). The van der Waals surface area contributed by atoms with E-state index in [1.54, 1.807) is 0 Å². The Kier molecular flexibility index (Phi) is 3.56. The maximum Gasteiger partial charge on any atom is 0.392 e. The summed E-state index contributed by atoms with van der Waals surface area (Å²) in [4.78, 5) is 14.7. The molecule has 0 aliphatic heterocycles. The summed E-state index contributed by atoms with van der Waals surface area (Å²) in [6, 6.07) is 0. The Morgan fingerprint density at radius 1 is 1.37 bits per heavy atom. The number of nitrogens with zero attached hydrogens (tertiary/aromatic N) is 1. The van der Waals surface area contributed by atoms with Crippen molar-refractivity contribution < 1.29 is 27.5 Å². The summed E-state index contributed by atoms with van der Waals surface area (Å²) < 4.78 is 43.9. The Hall–Kier alpha value is -1.53. The molecule has 1 saturated carbocycles. The van der Waals surface area contributed by atoms with E-state index in [2.05, 4.69) is 4.98 Å². The zero-order valence-electron chi connectivity index (χ0n) is 10.3. The van der Waals surface area contributed by atoms with Crippen LogP contribution in [0.3, 0.4) is 0 Å². The molecule has 1 aromatic heterocycles. The molecule has 1 aromatic rings. The monoisotopic (exact) mass is 277 g/mol. The highest BCUT2D eigenvalue weighted by Gasteiger charge is 2.47. The molecule has 0 saturated heterocycles. The fraction of sp³-hybridized carbons (Fsp3) is 0.667. The highest BCUT2D eigenvalue weighted by atomic mass is 19.4. The van der Waals surface area contributed by atoms with Gasteiger partial charge < -0.3 is 9.52 Å². The van der Waals surface area contributed by atoms with Gasteiger partial charge in [0.1, 0.15) is 0 Å². The molecule has 1 aliphatic rings. The van der Waals surface area contributed by atoms with Crippen molar-refractivity contribution in [3.63, 3.8) is 0 Å². The Morgan fingerprint density at radius 2 is 2.00 bits per heavy atom. The van der Waals surface area contributed by atoms with Crippen LogP contribution in [0, 0.1) is 12.8 Å². The molecule has 2 atom stereocenters. The molecule has 0 radical (unpaired) electrons. The molecule has 19 heavy (non-hydrogen) atoms. The molecular formula is C12H14F3NO3. The van der Waals surface area contributed by atoms with Crippen molar-refractivity contribution in [2.24, 2.45) is 5.92 Å². The lowest BCUT2D eigenvalue weighted by atomic mass is 9.78. The first-order valence-corrected chi connectivity index (χ1v) is 6.08. The summed E-state index contributed by atoms with van der Waals surface area (Å²) in [5, 5.41) is 8.85. The number of carboxylic acid groups (broad SMARTS) is 1. The molecule has 2 rings (SSSR count). The van der Waals surface area contributed by atoms with Gasteiger partial charge in [0.15, 0.2) is 5.89 Å². The van der Waals surface area contributed by atoms with Crippen LogP contribution in [-0.4, -0.2) is 22.2 Å². The molecular weight excluding hydrogens is 263 g/mol. The zero-order chi connectivity index (χ0) is 14.2. The van der Waals surface area contributed by atoms with Crippen molar-refractivity contribution in [3.8, 4) is 0 Å². The SMILES string of the molecule is Cc1nc(C2CCCCC2C(F)(F)F)oc1C(=O)O. The molecule has 0 aromatic carbocycles. The number of oxazole rings is 1. The van der Waals surface area contributed by atoms with E-state index in [-0.39, 0.29) is 23.8 Å². The highest BCUT2D eigenvalue weighted by molar-refractivity contribution is 5.85. The number of carbonyl (C=O) groups is 1. The lowest BCUT2D eigenvalue weighted by Gasteiger charge is -2.30. The largest absolute Gasteiger partial charge is 0.475 e. The molecule has 7 heteroatoms. The van der Waals surface area contributed by atoms with Crippen LogP contribution in [0.4, 0.5) is 13.2 Å². The number of aryl methyl sites for hydroxylation is 1. The molecule has 0 amide bonds. The van der Waals surface area contributed by atoms with Crippen molar-refractivity contribution in [1.82, 2.24) is 4.98 Å². The summed E-state index contributed by atoms with van der Waals surface area (Å²) in [6.45, 7) is 1.42. The minimum atomic E-state index is -4.31. The zero-order valence-corrected chi connectivity index (χ0v) is 10.3. The summed E-state index contributed by atoms with van der Waals surface area (Å²) in [6.07, 6.45) is -2.76. The van der Waals surface area contributed by atoms with E-state index in [1.807, 2.05) is 0 Å². The third-order valence-electron chi connectivity index (χ3n) is 3.51. The van der Waals surface area contributed by atoms with Gasteiger partial charge in [0.05, 0.1) is 11.6 Å². The second-order valence-electron chi connectivity index (χ2n) is 4.81. The van der Waals surface area contributed by atoms with E-state index >= 15 is 0 Å². The average molecular weight is 277 g/mol. The number of aromatic carboxylic acids is 1. The maximum absolute atomic E-state index is 13.0. The van der Waals surface area contributed by atoms with Crippen molar-refractivity contribution >= 4 is 5.97 Å². The lowest BCUT2D eigenvalue weighted by Crippen LogP contribution is -2.31. The summed E-state index contributed by atoms with van der Waals surface area (Å²) in [7, 11) is 0. The van der Waals surface area contributed by atoms with Crippen LogP contribution in [0.25, 0.3) is 0 Å². The minimum Gasteiger partial charge on any atom is -0.475 e. The van der Waals surface area contributed by atoms with Crippen molar-refractivity contribution in [1.29, 1.82) is 0 Å². The van der Waals surface area contributed by atoms with Crippen molar-refractivity contribution in [2.75, 3.05) is 0 Å². The van der Waals surface area contributed by atoms with Gasteiger partial charge in [0.2, 0.25) is 5.76 Å². The first kappa shape index (κ1) is 13.9. The number of hydrogen-bond donors (Lipinski definition) is 1. The van der Waals surface area contributed by atoms with Crippen LogP contribution in [0.15, 0.2) is 4.42 Å². The molecule has 1 heterocycles. The van der Waals surface area contributed by atoms with Crippen LogP contribution in [0.1, 0.15) is 53.7 Å². The topological polar surface area (TPSA) is 63.3 Å². The van der Waals surface area contributed by atoms with E-state index in [0.29, 0.717) is 19.3 Å². The quantitative estimate of drug-likeness (QED) is 0.898. The molecule has 2 unspecified atom stereocenters. The molecule has 1 fully saturated rings. The van der Waals surface area contributed by atoms with E-state index < -0.39 is 24.0 Å². The van der Waals surface area contributed by atoms with E-state index in [4.69, 9.17) is 9.52 Å². The van der Waals surface area contributed by atoms with Gasteiger partial charge in [-0.05, 0) is 19.8 Å². The summed E-state index contributed by atoms with van der Waals surface area (Å²) >= 11 is 0. The van der Waals surface area contributed by atoms with Gasteiger partial charge in [0.25, 0.3) is 0 Å². The van der Waals surface area contributed by atoms with Gasteiger partial charge >= 0.3 is 12.1 Å². The second kappa shape index (κ2) is 4.86. The number of alkyl halides is 3. The van der Waals surface area contributed by atoms with Gasteiger partial charge in [-0.1, -0.05) is 12.8 Å². The number of aromatic nitrogens is 1. The Morgan fingerprint density at radius 3 is 2.53 bits per heavy atom. The highest BCUT2D eigenvalue weighted by Crippen LogP contribution is 2.46. The average Bonchev–Trinajstić information content (AvgIpc) is 2.70. The van der Waals surface area contributed by atoms with Gasteiger partial charge in [-0.3, -0.25) is 0 Å². The third-order valence-corrected chi connectivity index (χ3v) is 3.51. The third kappa shape index (κ3) is 2.74. The van der Waals surface area contributed by atoms with Gasteiger partial charge in [-0.2, -0.15) is 13.2 Å². The Labute approximate surface area is 107 Å². The van der Waals surface area contributed by atoms with Crippen molar-refractivity contribution in [2.45, 2.75) is 44.7 Å². The normalized spacial score (nSPS) is 24.4. The minimum absolute atomic E-state index is 0.0397. The van der Waals surface area contributed by atoms with Crippen LogP contribution < -0.4 is 0 Å². The van der Waals surface area contributed by atoms with Crippen molar-refractivity contribution in [3.05, 3.63) is 17.3 Å². The van der Waals surface area contributed by atoms with Crippen LogP contribution in [0.2, 0.25) is 0 Å². The van der Waals surface area contributed by atoms with Gasteiger partial charge in [-0.15, -0.1) is 0 Å². The van der Waals surface area contributed by atoms with E-state index in [1.165, 1.54) is 6.92 Å². The van der Waals surface area contributed by atoms with Crippen LogP contribution in [-0.2, 0) is 0 Å². The lowest BCUT2D eigenvalue weighted by molar-refractivity contribution is -0.188. The molecule has 0 spiro atoms. The van der Waals surface area contributed by atoms with E-state index in [0.717, 1.165) is 0 Å². The number of rotatable bonds is 2. The fourth-order valence-electron chi connectivity index (χ4n) is 2.59. The Bertz CT molecular complexity index is 481. The molecule has 1 N–H and O–H groups in total. The summed E-state index contributed by atoms with van der Waals surface area (Å²) in [5.74, 6) is -4.16. The van der Waals surface area contributed by atoms with E-state index in [9.17, 15) is 18.0 Å². The molecule has 4 nitrogen and oxygen atoms in total. The molecule has 106 valence electrons. The van der Waals surface area contributed by atoms with Gasteiger partial charge in [0, 0.05) is 5.92 Å². The smallest absolute Gasteiger partial charge is 0.392 e. The predicted molar refractivity (Wildman–Crippen MR) is 59.0 cm³/mol. The second-order valence-corrected chi connectivity index (χ2v) is 4.81. The first-order valence-electron chi connectivity index (χ1n) is 6.08. The Balaban J connectivity index is 2.33.